The van der Waals surface area contributed by atoms with Crippen molar-refractivity contribution in [2.75, 3.05) is 6.61 Å². The van der Waals surface area contributed by atoms with E-state index in [0.717, 1.165) is 77.0 Å². The molecule has 3 atom stereocenters. The van der Waals surface area contributed by atoms with Gasteiger partial charge in [-0.15, -0.1) is 0 Å². The number of nitrogens with one attached hydrogen (secondary N) is 1. The first-order chi connectivity index (χ1) is 29.0. The molecule has 0 aromatic rings. The Hall–Kier alpha value is -1.92. The van der Waals surface area contributed by atoms with Gasteiger partial charge in [0.15, 0.2) is 0 Å². The third-order valence-electron chi connectivity index (χ3n) is 11.7. The summed E-state index contributed by atoms with van der Waals surface area (Å²) in [6.07, 6.45) is 54.9. The zero-order valence-electron chi connectivity index (χ0n) is 39.4. The van der Waals surface area contributed by atoms with Gasteiger partial charge in [-0.2, -0.15) is 0 Å². The molecular formula is C53H99NO5. The van der Waals surface area contributed by atoms with E-state index in [-0.39, 0.29) is 24.9 Å². The second-order valence-corrected chi connectivity index (χ2v) is 17.5. The molecule has 0 bridgehead atoms. The van der Waals surface area contributed by atoms with Crippen LogP contribution in [0.3, 0.4) is 0 Å². The molecule has 0 aliphatic heterocycles. The van der Waals surface area contributed by atoms with E-state index in [1.54, 1.807) is 0 Å². The molecule has 0 aromatic carbocycles. The molecule has 0 radical (unpaired) electrons. The molecule has 0 aliphatic carbocycles. The maximum Gasteiger partial charge on any atom is 0.306 e. The van der Waals surface area contributed by atoms with Crippen LogP contribution in [0.5, 0.6) is 0 Å². The molecule has 3 unspecified atom stereocenters. The zero-order chi connectivity index (χ0) is 43.1. The molecule has 0 rings (SSSR count). The first-order valence-corrected chi connectivity index (χ1v) is 25.7. The quantitative estimate of drug-likeness (QED) is 0.0323. The summed E-state index contributed by atoms with van der Waals surface area (Å²) >= 11 is 0. The summed E-state index contributed by atoms with van der Waals surface area (Å²) in [5.74, 6) is -0.478. The smallest absolute Gasteiger partial charge is 0.306 e. The molecule has 0 saturated heterocycles. The fraction of sp³-hybridized carbons (Fsp3) is 0.849. The van der Waals surface area contributed by atoms with E-state index in [2.05, 4.69) is 62.5 Å². The molecule has 59 heavy (non-hydrogen) atoms. The highest BCUT2D eigenvalue weighted by atomic mass is 16.5. The lowest BCUT2D eigenvalue weighted by atomic mass is 10.0. The largest absolute Gasteiger partial charge is 0.462 e. The molecule has 3 N–H and O–H groups in total. The summed E-state index contributed by atoms with van der Waals surface area (Å²) in [7, 11) is 0. The molecule has 0 aromatic heterocycles. The van der Waals surface area contributed by atoms with Gasteiger partial charge in [-0.25, -0.2) is 0 Å². The molecule has 1 amide bonds. The summed E-state index contributed by atoms with van der Waals surface area (Å²) in [6, 6.07) is -0.699. The van der Waals surface area contributed by atoms with E-state index < -0.39 is 18.2 Å². The fourth-order valence-electron chi connectivity index (χ4n) is 7.86. The number of rotatable bonds is 46. The normalized spacial score (nSPS) is 13.5. The number of amides is 1. The lowest BCUT2D eigenvalue weighted by Crippen LogP contribution is -2.46. The van der Waals surface area contributed by atoms with Crippen molar-refractivity contribution in [2.45, 2.75) is 283 Å². The number of carbonyl (C=O) groups excluding carboxylic acids is 2. The van der Waals surface area contributed by atoms with Crippen LogP contribution in [0.2, 0.25) is 0 Å². The predicted octanol–water partition coefficient (Wildman–Crippen LogP) is 15.3. The molecule has 0 heterocycles. The Labute approximate surface area is 366 Å². The Balaban J connectivity index is 4.56. The van der Waals surface area contributed by atoms with Gasteiger partial charge < -0.3 is 20.3 Å². The van der Waals surface area contributed by atoms with Crippen LogP contribution in [0.1, 0.15) is 265 Å². The van der Waals surface area contributed by atoms with Crippen LogP contribution in [-0.2, 0) is 14.3 Å². The highest BCUT2D eigenvalue weighted by Gasteiger charge is 2.24. The van der Waals surface area contributed by atoms with E-state index in [4.69, 9.17) is 4.74 Å². The molecule has 0 spiro atoms. The van der Waals surface area contributed by atoms with Gasteiger partial charge in [0.2, 0.25) is 5.91 Å². The van der Waals surface area contributed by atoms with Gasteiger partial charge in [0.25, 0.3) is 0 Å². The minimum atomic E-state index is -0.785. The number of unbranched alkanes of at least 4 members (excludes halogenated alkanes) is 28. The third-order valence-corrected chi connectivity index (χ3v) is 11.7. The van der Waals surface area contributed by atoms with Crippen molar-refractivity contribution < 1.29 is 24.5 Å². The maximum atomic E-state index is 13.2. The first kappa shape index (κ1) is 57.1. The number of carbonyl (C=O) groups is 2. The Morgan fingerprint density at radius 3 is 1.39 bits per heavy atom. The molecule has 0 aliphatic rings. The lowest BCUT2D eigenvalue weighted by molar-refractivity contribution is -0.151. The van der Waals surface area contributed by atoms with Crippen molar-refractivity contribution in [3.8, 4) is 0 Å². The van der Waals surface area contributed by atoms with Crippen LogP contribution in [-0.4, -0.2) is 46.9 Å². The Morgan fingerprint density at radius 1 is 0.508 bits per heavy atom. The summed E-state index contributed by atoms with van der Waals surface area (Å²) in [5, 5.41) is 23.7. The summed E-state index contributed by atoms with van der Waals surface area (Å²) in [4.78, 5) is 26.1. The van der Waals surface area contributed by atoms with Crippen LogP contribution >= 0.6 is 0 Å². The van der Waals surface area contributed by atoms with Gasteiger partial charge in [-0.1, -0.05) is 231 Å². The van der Waals surface area contributed by atoms with Crippen molar-refractivity contribution in [1.29, 1.82) is 0 Å². The predicted molar refractivity (Wildman–Crippen MR) is 255 cm³/mol. The van der Waals surface area contributed by atoms with Gasteiger partial charge >= 0.3 is 5.97 Å². The number of aliphatic hydroxyl groups is 2. The number of allylic oxidation sites excluding steroid dienone is 6. The average Bonchev–Trinajstić information content (AvgIpc) is 3.23. The van der Waals surface area contributed by atoms with Gasteiger partial charge in [0.1, 0.15) is 6.10 Å². The standard InChI is InChI=1S/C53H99NO5/c1-4-7-10-13-16-19-21-23-25-27-29-31-34-37-40-43-46-53(58)59-49(44-41-38-35-33-30-28-26-24-22-20-17-14-11-8-5-2)47-52(57)54-50(48-55)51(56)45-42-39-36-32-18-15-12-9-6-3/h7,10,16,19,23,25,49-51,55-56H,4-6,8-9,11-15,17-18,20-22,24,26-48H2,1-3H3,(H,54,57)/b10-7+,19-16+,25-23+. The van der Waals surface area contributed by atoms with Crippen molar-refractivity contribution >= 4 is 11.9 Å². The topological polar surface area (TPSA) is 95.9 Å². The number of hydrogen-bond acceptors (Lipinski definition) is 5. The van der Waals surface area contributed by atoms with Crippen LogP contribution in [0.4, 0.5) is 0 Å². The SMILES string of the molecule is CC/C=C/C/C=C/C/C=C/CCCCCCCCC(=O)OC(CCCCCCCCCCCCCCCCC)CC(=O)NC(CO)C(O)CCCCCCCCCCC. The highest BCUT2D eigenvalue weighted by Crippen LogP contribution is 2.18. The van der Waals surface area contributed by atoms with Crippen molar-refractivity contribution in [3.63, 3.8) is 0 Å². The number of hydrogen-bond donors (Lipinski definition) is 3. The van der Waals surface area contributed by atoms with E-state index in [1.165, 1.54) is 141 Å². The van der Waals surface area contributed by atoms with Gasteiger partial charge in [-0.05, 0) is 57.8 Å². The fourth-order valence-corrected chi connectivity index (χ4v) is 7.86. The van der Waals surface area contributed by atoms with Crippen molar-refractivity contribution in [1.82, 2.24) is 5.32 Å². The molecule has 6 heteroatoms. The van der Waals surface area contributed by atoms with E-state index in [1.807, 2.05) is 0 Å². The van der Waals surface area contributed by atoms with Crippen molar-refractivity contribution in [2.24, 2.45) is 0 Å². The van der Waals surface area contributed by atoms with Gasteiger partial charge in [0, 0.05) is 6.42 Å². The molecule has 0 fully saturated rings. The van der Waals surface area contributed by atoms with Crippen LogP contribution in [0, 0.1) is 0 Å². The zero-order valence-corrected chi connectivity index (χ0v) is 39.4. The molecular weight excluding hydrogens is 731 g/mol. The highest BCUT2D eigenvalue weighted by molar-refractivity contribution is 5.77. The Morgan fingerprint density at radius 2 is 0.915 bits per heavy atom. The lowest BCUT2D eigenvalue weighted by Gasteiger charge is -2.24. The number of ether oxygens (including phenoxy) is 1. The summed E-state index contributed by atoms with van der Waals surface area (Å²) < 4.78 is 5.93. The molecule has 346 valence electrons. The second kappa shape index (κ2) is 47.1. The Bertz CT molecular complexity index is 977. The van der Waals surface area contributed by atoms with Gasteiger partial charge in [-0.3, -0.25) is 9.59 Å². The third kappa shape index (κ3) is 42.6. The molecule has 0 saturated carbocycles. The minimum absolute atomic E-state index is 0.0760. The summed E-state index contributed by atoms with van der Waals surface area (Å²) in [6.45, 7) is 6.37. The summed E-state index contributed by atoms with van der Waals surface area (Å²) in [5.41, 5.74) is 0. The van der Waals surface area contributed by atoms with Crippen LogP contribution in [0.25, 0.3) is 0 Å². The number of esters is 1. The first-order valence-electron chi connectivity index (χ1n) is 25.7. The van der Waals surface area contributed by atoms with Crippen LogP contribution in [0.15, 0.2) is 36.5 Å². The average molecular weight is 830 g/mol. The van der Waals surface area contributed by atoms with Crippen molar-refractivity contribution in [3.05, 3.63) is 36.5 Å². The Kier molecular flexibility index (Phi) is 45.6. The molecule has 6 nitrogen and oxygen atoms in total. The number of aliphatic hydroxyl groups excluding tert-OH is 2. The maximum absolute atomic E-state index is 13.2. The van der Waals surface area contributed by atoms with E-state index >= 15 is 0 Å². The monoisotopic (exact) mass is 830 g/mol. The van der Waals surface area contributed by atoms with Crippen LogP contribution < -0.4 is 5.32 Å². The van der Waals surface area contributed by atoms with Gasteiger partial charge in [0.05, 0.1) is 25.2 Å². The second-order valence-electron chi connectivity index (χ2n) is 17.5. The van der Waals surface area contributed by atoms with E-state index in [0.29, 0.717) is 19.3 Å². The van der Waals surface area contributed by atoms with E-state index in [9.17, 15) is 19.8 Å². The minimum Gasteiger partial charge on any atom is -0.462 e.